The lowest BCUT2D eigenvalue weighted by Gasteiger charge is -2.19. The van der Waals surface area contributed by atoms with Gasteiger partial charge in [0.05, 0.1) is 30.1 Å². The number of hydrogen-bond acceptors (Lipinski definition) is 5. The Morgan fingerprint density at radius 1 is 1.43 bits per heavy atom. The molecule has 2 unspecified atom stereocenters. The van der Waals surface area contributed by atoms with Gasteiger partial charge in [-0.05, 0) is 43.9 Å². The monoisotopic (exact) mass is 309 g/mol. The highest BCUT2D eigenvalue weighted by Crippen LogP contribution is 2.54. The van der Waals surface area contributed by atoms with E-state index in [1.807, 2.05) is 32.0 Å². The molecular weight excluding hydrogens is 290 g/mol. The van der Waals surface area contributed by atoms with Gasteiger partial charge in [-0.3, -0.25) is 0 Å². The van der Waals surface area contributed by atoms with Crippen molar-refractivity contribution in [3.8, 4) is 11.8 Å². The Morgan fingerprint density at radius 3 is 2.91 bits per heavy atom. The quantitative estimate of drug-likeness (QED) is 0.916. The van der Waals surface area contributed by atoms with Crippen LogP contribution in [0.25, 0.3) is 0 Å². The molecule has 1 fully saturated rings. The summed E-state index contributed by atoms with van der Waals surface area (Å²) in [6.45, 7) is 4.29. The summed E-state index contributed by atoms with van der Waals surface area (Å²) in [5.74, 6) is 1.53. The Labute approximate surface area is 135 Å². The number of ether oxygens (including phenoxy) is 1. The minimum Gasteiger partial charge on any atom is -0.489 e. The molecule has 1 aromatic heterocycles. The summed E-state index contributed by atoms with van der Waals surface area (Å²) in [6, 6.07) is 9.71. The zero-order valence-corrected chi connectivity index (χ0v) is 13.3. The van der Waals surface area contributed by atoms with E-state index in [0.29, 0.717) is 23.7 Å². The highest BCUT2D eigenvalue weighted by Gasteiger charge is 2.55. The molecule has 23 heavy (non-hydrogen) atoms. The molecule has 0 aliphatic heterocycles. The summed E-state index contributed by atoms with van der Waals surface area (Å²) in [7, 11) is 0. The third kappa shape index (κ3) is 2.90. The molecule has 2 aromatic rings. The highest BCUT2D eigenvalue weighted by atomic mass is 16.5. The molecule has 1 heterocycles. The zero-order chi connectivity index (χ0) is 16.4. The third-order valence-electron chi connectivity index (χ3n) is 4.56. The van der Waals surface area contributed by atoms with Gasteiger partial charge < -0.3 is 9.84 Å². The molecule has 1 N–H and O–H groups in total. The predicted octanol–water partition coefficient (Wildman–Crippen LogP) is 2.29. The molecule has 0 bridgehead atoms. The zero-order valence-electron chi connectivity index (χ0n) is 13.3. The molecular formula is C18H19N3O2. The topological polar surface area (TPSA) is 79.0 Å². The van der Waals surface area contributed by atoms with Gasteiger partial charge in [0, 0.05) is 12.0 Å². The first-order chi connectivity index (χ1) is 11.1. The summed E-state index contributed by atoms with van der Waals surface area (Å²) in [5, 5.41) is 18.7. The van der Waals surface area contributed by atoms with E-state index >= 15 is 0 Å². The fourth-order valence-electron chi connectivity index (χ4n) is 3.05. The van der Waals surface area contributed by atoms with E-state index in [9.17, 15) is 5.11 Å². The molecule has 118 valence electrons. The average Bonchev–Trinajstić information content (AvgIpc) is 3.29. The average molecular weight is 309 g/mol. The van der Waals surface area contributed by atoms with E-state index in [1.165, 1.54) is 0 Å². The number of hydrogen-bond donors (Lipinski definition) is 1. The van der Waals surface area contributed by atoms with Crippen molar-refractivity contribution in [3.05, 3.63) is 53.1 Å². The second-order valence-electron chi connectivity index (χ2n) is 6.09. The van der Waals surface area contributed by atoms with Crippen molar-refractivity contribution in [2.24, 2.45) is 5.92 Å². The number of aliphatic hydroxyl groups excluding tert-OH is 1. The maximum absolute atomic E-state index is 9.57. The van der Waals surface area contributed by atoms with Gasteiger partial charge >= 0.3 is 0 Å². The Kier molecular flexibility index (Phi) is 4.01. The van der Waals surface area contributed by atoms with Crippen LogP contribution in [0.5, 0.6) is 5.75 Å². The first kappa shape index (κ1) is 15.4. The van der Waals surface area contributed by atoms with E-state index in [4.69, 9.17) is 10.00 Å². The smallest absolute Gasteiger partial charge is 0.158 e. The van der Waals surface area contributed by atoms with Crippen molar-refractivity contribution in [3.63, 3.8) is 0 Å². The number of benzene rings is 1. The molecule has 1 aromatic carbocycles. The van der Waals surface area contributed by atoms with Gasteiger partial charge in [0.15, 0.2) is 5.75 Å². The lowest BCUT2D eigenvalue weighted by molar-refractivity contribution is 0.224. The summed E-state index contributed by atoms with van der Waals surface area (Å²) in [4.78, 5) is 8.48. The van der Waals surface area contributed by atoms with Gasteiger partial charge in [0.2, 0.25) is 0 Å². The van der Waals surface area contributed by atoms with Gasteiger partial charge in [-0.1, -0.05) is 12.1 Å². The standard InChI is InChI=1S/C18H19N3O2/c1-12-17(9-20-13(2)21-12)23-11-18(7-16(18)10-22)15-5-3-4-14(6-15)8-19/h3-6,9,16,22H,7,10-11H2,1-2H3. The minimum absolute atomic E-state index is 0.115. The molecule has 0 radical (unpaired) electrons. The van der Waals surface area contributed by atoms with Crippen LogP contribution in [0.4, 0.5) is 0 Å². The van der Waals surface area contributed by atoms with Crippen LogP contribution in [0.2, 0.25) is 0 Å². The van der Waals surface area contributed by atoms with Crippen LogP contribution in [0.3, 0.4) is 0 Å². The largest absolute Gasteiger partial charge is 0.489 e. The van der Waals surface area contributed by atoms with Gasteiger partial charge in [-0.25, -0.2) is 9.97 Å². The SMILES string of the molecule is Cc1ncc(OCC2(c3cccc(C#N)c3)CC2CO)c(C)n1. The van der Waals surface area contributed by atoms with Crippen molar-refractivity contribution in [2.45, 2.75) is 25.7 Å². The van der Waals surface area contributed by atoms with Crippen molar-refractivity contribution >= 4 is 0 Å². The summed E-state index contributed by atoms with van der Waals surface area (Å²) in [5.41, 5.74) is 2.24. The van der Waals surface area contributed by atoms with E-state index in [2.05, 4.69) is 16.0 Å². The van der Waals surface area contributed by atoms with Gasteiger partial charge in [0.25, 0.3) is 0 Å². The molecule has 5 nitrogen and oxygen atoms in total. The predicted molar refractivity (Wildman–Crippen MR) is 85.0 cm³/mol. The van der Waals surface area contributed by atoms with E-state index in [1.54, 1.807) is 12.3 Å². The van der Waals surface area contributed by atoms with E-state index < -0.39 is 0 Å². The fraction of sp³-hybridized carbons (Fsp3) is 0.389. The van der Waals surface area contributed by atoms with Crippen LogP contribution >= 0.6 is 0 Å². The highest BCUT2D eigenvalue weighted by molar-refractivity contribution is 5.41. The Hall–Kier alpha value is -2.45. The molecule has 2 atom stereocenters. The Balaban J connectivity index is 1.83. The van der Waals surface area contributed by atoms with Crippen LogP contribution in [0.15, 0.2) is 30.5 Å². The Morgan fingerprint density at radius 2 is 2.26 bits per heavy atom. The second-order valence-corrected chi connectivity index (χ2v) is 6.09. The summed E-state index contributed by atoms with van der Waals surface area (Å²) >= 11 is 0. The van der Waals surface area contributed by atoms with E-state index in [0.717, 1.165) is 17.7 Å². The first-order valence-electron chi connectivity index (χ1n) is 7.63. The van der Waals surface area contributed by atoms with Crippen molar-refractivity contribution in [1.29, 1.82) is 5.26 Å². The van der Waals surface area contributed by atoms with Crippen LogP contribution in [-0.4, -0.2) is 28.3 Å². The number of nitrogens with zero attached hydrogens (tertiary/aromatic N) is 3. The molecule has 0 saturated heterocycles. The lowest BCUT2D eigenvalue weighted by atomic mass is 9.93. The molecule has 0 amide bonds. The fourth-order valence-corrected chi connectivity index (χ4v) is 3.05. The van der Waals surface area contributed by atoms with Crippen LogP contribution < -0.4 is 4.74 Å². The van der Waals surface area contributed by atoms with Crippen molar-refractivity contribution in [2.75, 3.05) is 13.2 Å². The van der Waals surface area contributed by atoms with Gasteiger partial charge in [0.1, 0.15) is 5.82 Å². The number of aryl methyl sites for hydroxylation is 2. The minimum atomic E-state index is -0.237. The van der Waals surface area contributed by atoms with E-state index in [-0.39, 0.29) is 17.9 Å². The lowest BCUT2D eigenvalue weighted by Crippen LogP contribution is -2.22. The summed E-state index contributed by atoms with van der Waals surface area (Å²) in [6.07, 6.45) is 2.54. The third-order valence-corrected chi connectivity index (χ3v) is 4.56. The van der Waals surface area contributed by atoms with Crippen LogP contribution in [0.1, 0.15) is 29.1 Å². The molecule has 1 aliphatic rings. The Bertz CT molecular complexity index is 769. The van der Waals surface area contributed by atoms with Gasteiger partial charge in [-0.2, -0.15) is 5.26 Å². The number of rotatable bonds is 5. The molecule has 0 spiro atoms. The van der Waals surface area contributed by atoms with Crippen LogP contribution in [0, 0.1) is 31.1 Å². The normalized spacial score (nSPS) is 22.4. The van der Waals surface area contributed by atoms with Crippen LogP contribution in [-0.2, 0) is 5.41 Å². The van der Waals surface area contributed by atoms with Crippen molar-refractivity contribution < 1.29 is 9.84 Å². The van der Waals surface area contributed by atoms with Gasteiger partial charge in [-0.15, -0.1) is 0 Å². The molecule has 1 saturated carbocycles. The number of aromatic nitrogens is 2. The maximum atomic E-state index is 9.57. The first-order valence-corrected chi connectivity index (χ1v) is 7.63. The molecule has 3 rings (SSSR count). The molecule has 1 aliphatic carbocycles. The molecule has 5 heteroatoms. The maximum Gasteiger partial charge on any atom is 0.158 e. The number of aliphatic hydroxyl groups is 1. The summed E-state index contributed by atoms with van der Waals surface area (Å²) < 4.78 is 5.96. The second kappa shape index (κ2) is 5.98. The number of nitriles is 1. The van der Waals surface area contributed by atoms with Crippen molar-refractivity contribution in [1.82, 2.24) is 9.97 Å².